The maximum atomic E-state index is 10.7. The monoisotopic (exact) mass is 262 g/mol. The van der Waals surface area contributed by atoms with Crippen LogP contribution in [0.1, 0.15) is 44.7 Å². The van der Waals surface area contributed by atoms with Gasteiger partial charge in [0.25, 0.3) is 0 Å². The number of aliphatic hydroxyl groups is 1. The Morgan fingerprint density at radius 1 is 1.16 bits per heavy atom. The molecule has 0 spiro atoms. The molecule has 1 fully saturated rings. The van der Waals surface area contributed by atoms with Gasteiger partial charge in [-0.1, -0.05) is 45.0 Å². The zero-order chi connectivity index (χ0) is 14.1. The molecule has 2 nitrogen and oxygen atoms in total. The van der Waals surface area contributed by atoms with Crippen LogP contribution >= 0.6 is 0 Å². The Labute approximate surface area is 116 Å². The SMILES string of the molecule is COCC(O)(Cc1ccc(C(C)(C)C)cc1)C1CC1. The van der Waals surface area contributed by atoms with Gasteiger partial charge < -0.3 is 9.84 Å². The Hall–Kier alpha value is -0.860. The average molecular weight is 262 g/mol. The Kier molecular flexibility index (Phi) is 4.03. The Bertz CT molecular complexity index is 412. The van der Waals surface area contributed by atoms with E-state index in [1.165, 1.54) is 11.1 Å². The quantitative estimate of drug-likeness (QED) is 0.882. The van der Waals surface area contributed by atoms with Gasteiger partial charge in [-0.15, -0.1) is 0 Å². The second-order valence-corrected chi connectivity index (χ2v) is 6.93. The molecule has 106 valence electrons. The van der Waals surface area contributed by atoms with Crippen LogP contribution in [-0.4, -0.2) is 24.4 Å². The van der Waals surface area contributed by atoms with Crippen LogP contribution in [0.2, 0.25) is 0 Å². The van der Waals surface area contributed by atoms with E-state index in [0.717, 1.165) is 12.8 Å². The van der Waals surface area contributed by atoms with Crippen LogP contribution in [0.4, 0.5) is 0 Å². The lowest BCUT2D eigenvalue weighted by Gasteiger charge is -2.28. The van der Waals surface area contributed by atoms with Gasteiger partial charge in [-0.2, -0.15) is 0 Å². The van der Waals surface area contributed by atoms with Crippen molar-refractivity contribution in [3.8, 4) is 0 Å². The fourth-order valence-electron chi connectivity index (χ4n) is 2.66. The van der Waals surface area contributed by atoms with Crippen LogP contribution in [0.3, 0.4) is 0 Å². The molecule has 0 heterocycles. The number of benzene rings is 1. The first-order valence-corrected chi connectivity index (χ1v) is 7.16. The van der Waals surface area contributed by atoms with Crippen molar-refractivity contribution in [1.29, 1.82) is 0 Å². The van der Waals surface area contributed by atoms with Crippen LogP contribution in [0, 0.1) is 5.92 Å². The van der Waals surface area contributed by atoms with Crippen LogP contribution in [0.5, 0.6) is 0 Å². The van der Waals surface area contributed by atoms with Crippen LogP contribution < -0.4 is 0 Å². The molecule has 1 aliphatic carbocycles. The Morgan fingerprint density at radius 2 is 1.74 bits per heavy atom. The van der Waals surface area contributed by atoms with Crippen molar-refractivity contribution in [2.24, 2.45) is 5.92 Å². The second-order valence-electron chi connectivity index (χ2n) is 6.93. The van der Waals surface area contributed by atoms with E-state index in [4.69, 9.17) is 4.74 Å². The smallest absolute Gasteiger partial charge is 0.0947 e. The molecule has 2 heteroatoms. The molecule has 0 saturated heterocycles. The standard InChI is InChI=1S/C17H26O2/c1-16(2,3)14-7-5-13(6-8-14)11-17(18,12-19-4)15-9-10-15/h5-8,15,18H,9-12H2,1-4H3. The van der Waals surface area contributed by atoms with E-state index in [9.17, 15) is 5.11 Å². The van der Waals surface area contributed by atoms with Gasteiger partial charge in [-0.05, 0) is 35.3 Å². The minimum Gasteiger partial charge on any atom is -0.387 e. The van der Waals surface area contributed by atoms with Gasteiger partial charge >= 0.3 is 0 Å². The summed E-state index contributed by atoms with van der Waals surface area (Å²) < 4.78 is 5.21. The van der Waals surface area contributed by atoms with Gasteiger partial charge in [0.15, 0.2) is 0 Å². The summed E-state index contributed by atoms with van der Waals surface area (Å²) in [6.07, 6.45) is 2.94. The fraction of sp³-hybridized carbons (Fsp3) is 0.647. The molecule has 1 aliphatic rings. The van der Waals surface area contributed by atoms with Crippen molar-refractivity contribution in [2.45, 2.75) is 51.0 Å². The summed E-state index contributed by atoms with van der Waals surface area (Å²) in [5.74, 6) is 0.412. The van der Waals surface area contributed by atoms with Crippen molar-refractivity contribution >= 4 is 0 Å². The van der Waals surface area contributed by atoms with E-state index in [0.29, 0.717) is 18.9 Å². The highest BCUT2D eigenvalue weighted by molar-refractivity contribution is 5.28. The molecule has 19 heavy (non-hydrogen) atoms. The molecule has 0 radical (unpaired) electrons. The van der Waals surface area contributed by atoms with Gasteiger partial charge in [0, 0.05) is 13.5 Å². The third kappa shape index (κ3) is 3.58. The molecule has 1 unspecified atom stereocenters. The summed E-state index contributed by atoms with van der Waals surface area (Å²) in [6, 6.07) is 8.64. The number of rotatable bonds is 5. The molecule has 0 aromatic heterocycles. The Morgan fingerprint density at radius 3 is 2.16 bits per heavy atom. The summed E-state index contributed by atoms with van der Waals surface area (Å²) in [5.41, 5.74) is 2.02. The minimum atomic E-state index is -0.683. The average Bonchev–Trinajstić information content (AvgIpc) is 3.12. The molecule has 0 aliphatic heterocycles. The lowest BCUT2D eigenvalue weighted by molar-refractivity contribution is -0.0474. The van der Waals surface area contributed by atoms with Gasteiger partial charge in [0.1, 0.15) is 0 Å². The number of ether oxygens (including phenoxy) is 1. The van der Waals surface area contributed by atoms with Gasteiger partial charge in [-0.25, -0.2) is 0 Å². The van der Waals surface area contributed by atoms with Crippen molar-refractivity contribution in [3.63, 3.8) is 0 Å². The predicted molar refractivity (Wildman–Crippen MR) is 78.4 cm³/mol. The summed E-state index contributed by atoms with van der Waals surface area (Å²) in [4.78, 5) is 0. The zero-order valence-electron chi connectivity index (χ0n) is 12.6. The topological polar surface area (TPSA) is 29.5 Å². The number of hydrogen-bond donors (Lipinski definition) is 1. The lowest BCUT2D eigenvalue weighted by atomic mass is 9.85. The third-order valence-corrected chi connectivity index (χ3v) is 4.06. The van der Waals surface area contributed by atoms with Crippen LogP contribution in [0.25, 0.3) is 0 Å². The molecule has 0 bridgehead atoms. The van der Waals surface area contributed by atoms with Gasteiger partial charge in [-0.3, -0.25) is 0 Å². The van der Waals surface area contributed by atoms with E-state index in [1.54, 1.807) is 7.11 Å². The molecule has 2 rings (SSSR count). The molecule has 1 saturated carbocycles. The van der Waals surface area contributed by atoms with Crippen molar-refractivity contribution in [1.82, 2.24) is 0 Å². The molecule has 1 atom stereocenters. The van der Waals surface area contributed by atoms with Crippen LogP contribution in [0.15, 0.2) is 24.3 Å². The Balaban J connectivity index is 2.10. The highest BCUT2D eigenvalue weighted by Crippen LogP contribution is 2.41. The van der Waals surface area contributed by atoms with E-state index >= 15 is 0 Å². The van der Waals surface area contributed by atoms with Crippen LogP contribution in [-0.2, 0) is 16.6 Å². The summed E-state index contributed by atoms with van der Waals surface area (Å²) in [5, 5.41) is 10.7. The van der Waals surface area contributed by atoms with E-state index in [1.807, 2.05) is 0 Å². The molecule has 0 amide bonds. The molecule has 1 aromatic carbocycles. The molecular formula is C17H26O2. The van der Waals surface area contributed by atoms with Gasteiger partial charge in [0.2, 0.25) is 0 Å². The normalized spacial score (nSPS) is 19.2. The van der Waals surface area contributed by atoms with Crippen molar-refractivity contribution in [3.05, 3.63) is 35.4 Å². The minimum absolute atomic E-state index is 0.178. The first-order valence-electron chi connectivity index (χ1n) is 7.16. The summed E-state index contributed by atoms with van der Waals surface area (Å²) in [7, 11) is 1.66. The number of methoxy groups -OCH3 is 1. The number of hydrogen-bond acceptors (Lipinski definition) is 2. The summed E-state index contributed by atoms with van der Waals surface area (Å²) >= 11 is 0. The zero-order valence-corrected chi connectivity index (χ0v) is 12.6. The van der Waals surface area contributed by atoms with Crippen molar-refractivity contribution in [2.75, 3.05) is 13.7 Å². The maximum Gasteiger partial charge on any atom is 0.0947 e. The third-order valence-electron chi connectivity index (χ3n) is 4.06. The lowest BCUT2D eigenvalue weighted by Crippen LogP contribution is -2.39. The largest absolute Gasteiger partial charge is 0.387 e. The fourth-order valence-corrected chi connectivity index (χ4v) is 2.66. The van der Waals surface area contributed by atoms with Gasteiger partial charge in [0.05, 0.1) is 12.2 Å². The van der Waals surface area contributed by atoms with E-state index < -0.39 is 5.60 Å². The molecule has 1 aromatic rings. The summed E-state index contributed by atoms with van der Waals surface area (Å²) in [6.45, 7) is 7.08. The molecular weight excluding hydrogens is 236 g/mol. The second kappa shape index (κ2) is 5.26. The highest BCUT2D eigenvalue weighted by Gasteiger charge is 2.43. The first-order chi connectivity index (χ1) is 8.85. The van der Waals surface area contributed by atoms with E-state index in [-0.39, 0.29) is 5.41 Å². The predicted octanol–water partition coefficient (Wildman–Crippen LogP) is 3.31. The maximum absolute atomic E-state index is 10.7. The highest BCUT2D eigenvalue weighted by atomic mass is 16.5. The van der Waals surface area contributed by atoms with Crippen molar-refractivity contribution < 1.29 is 9.84 Å². The van der Waals surface area contributed by atoms with E-state index in [2.05, 4.69) is 45.0 Å². The first kappa shape index (κ1) is 14.5. The molecule has 1 N–H and O–H groups in total.